The summed E-state index contributed by atoms with van der Waals surface area (Å²) in [5.74, 6) is 0. The second kappa shape index (κ2) is 8.29. The third kappa shape index (κ3) is 4.39. The molecule has 0 aliphatic heterocycles. The van der Waals surface area contributed by atoms with Gasteiger partial charge in [0.15, 0.2) is 0 Å². The molecule has 0 spiro atoms. The lowest BCUT2D eigenvalue weighted by atomic mass is 9.81. The van der Waals surface area contributed by atoms with E-state index in [4.69, 9.17) is 10.5 Å². The van der Waals surface area contributed by atoms with Gasteiger partial charge in [0.05, 0.1) is 6.61 Å². The maximum atomic E-state index is 12.6. The summed E-state index contributed by atoms with van der Waals surface area (Å²) in [6.07, 6.45) is 5.76. The molecule has 0 unspecified atom stereocenters. The van der Waals surface area contributed by atoms with E-state index in [0.29, 0.717) is 26.2 Å². The minimum atomic E-state index is -3.50. The Bertz CT molecular complexity index is 367. The molecule has 120 valence electrons. The summed E-state index contributed by atoms with van der Waals surface area (Å²) >= 11 is 0. The van der Waals surface area contributed by atoms with Crippen LogP contribution in [-0.4, -0.2) is 51.6 Å². The van der Waals surface area contributed by atoms with E-state index < -0.39 is 15.7 Å². The number of rotatable bonds is 9. The average Bonchev–Trinajstić information content (AvgIpc) is 2.45. The van der Waals surface area contributed by atoms with Gasteiger partial charge in [-0.25, -0.2) is 0 Å². The Hall–Kier alpha value is -0.210. The zero-order valence-corrected chi connectivity index (χ0v) is 13.5. The number of hydrogen-bond acceptors (Lipinski definition) is 4. The fraction of sp³-hybridized carbons (Fsp3) is 1.00. The smallest absolute Gasteiger partial charge is 0.280 e. The van der Waals surface area contributed by atoms with Crippen LogP contribution in [0.25, 0.3) is 0 Å². The number of nitrogens with zero attached hydrogens (tertiary/aromatic N) is 1. The highest BCUT2D eigenvalue weighted by Gasteiger charge is 2.42. The van der Waals surface area contributed by atoms with Crippen molar-refractivity contribution in [2.24, 2.45) is 5.73 Å². The molecular weight excluding hydrogens is 278 g/mol. The van der Waals surface area contributed by atoms with Crippen LogP contribution in [0.2, 0.25) is 0 Å². The largest absolute Gasteiger partial charge is 0.383 e. The maximum absolute atomic E-state index is 12.6. The molecule has 0 aromatic carbocycles. The lowest BCUT2D eigenvalue weighted by molar-refractivity contribution is 0.133. The summed E-state index contributed by atoms with van der Waals surface area (Å²) in [4.78, 5) is 0. The lowest BCUT2D eigenvalue weighted by Gasteiger charge is -2.44. The SMILES string of the molecule is CCCN(C1(CN)CCCCC1)S(=O)(=O)NCCOC. The molecule has 1 aliphatic carbocycles. The standard InChI is InChI=1S/C13H29N3O3S/c1-3-10-16(20(17,18)15-9-11-19-2)13(12-14)7-5-4-6-8-13/h15H,3-12,14H2,1-2H3. The van der Waals surface area contributed by atoms with Crippen molar-refractivity contribution in [2.45, 2.75) is 51.0 Å². The van der Waals surface area contributed by atoms with Gasteiger partial charge in [-0.1, -0.05) is 26.2 Å². The quantitative estimate of drug-likeness (QED) is 0.618. The van der Waals surface area contributed by atoms with E-state index in [2.05, 4.69) is 4.72 Å². The first-order valence-electron chi connectivity index (χ1n) is 7.49. The highest BCUT2D eigenvalue weighted by molar-refractivity contribution is 7.87. The van der Waals surface area contributed by atoms with Crippen LogP contribution in [0, 0.1) is 0 Å². The molecule has 1 rings (SSSR count). The number of nitrogens with one attached hydrogen (secondary N) is 1. The van der Waals surface area contributed by atoms with Gasteiger partial charge in [-0.05, 0) is 19.3 Å². The summed E-state index contributed by atoms with van der Waals surface area (Å²) in [5.41, 5.74) is 5.55. The Balaban J connectivity index is 2.89. The zero-order chi connectivity index (χ0) is 15.1. The first-order valence-corrected chi connectivity index (χ1v) is 8.93. The molecule has 0 amide bonds. The van der Waals surface area contributed by atoms with E-state index in [9.17, 15) is 8.42 Å². The number of nitrogens with two attached hydrogens (primary N) is 1. The summed E-state index contributed by atoms with van der Waals surface area (Å²) in [5, 5.41) is 0. The molecule has 3 N–H and O–H groups in total. The average molecular weight is 307 g/mol. The molecule has 1 saturated carbocycles. The first-order chi connectivity index (χ1) is 9.52. The van der Waals surface area contributed by atoms with E-state index in [0.717, 1.165) is 32.1 Å². The van der Waals surface area contributed by atoms with Crippen LogP contribution in [0.5, 0.6) is 0 Å². The molecule has 1 aliphatic rings. The van der Waals surface area contributed by atoms with Gasteiger partial charge in [-0.3, -0.25) is 0 Å². The maximum Gasteiger partial charge on any atom is 0.280 e. The van der Waals surface area contributed by atoms with Gasteiger partial charge in [0.2, 0.25) is 0 Å². The molecule has 0 aromatic rings. The van der Waals surface area contributed by atoms with Crippen molar-refractivity contribution >= 4 is 10.2 Å². The Morgan fingerprint density at radius 2 is 1.95 bits per heavy atom. The molecule has 20 heavy (non-hydrogen) atoms. The van der Waals surface area contributed by atoms with Crippen LogP contribution < -0.4 is 10.5 Å². The van der Waals surface area contributed by atoms with Crippen molar-refractivity contribution < 1.29 is 13.2 Å². The predicted octanol–water partition coefficient (Wildman–Crippen LogP) is 0.841. The summed E-state index contributed by atoms with van der Waals surface area (Å²) in [7, 11) is -1.95. The van der Waals surface area contributed by atoms with Crippen molar-refractivity contribution in [3.63, 3.8) is 0 Å². The molecule has 6 nitrogen and oxygen atoms in total. The number of methoxy groups -OCH3 is 1. The molecule has 1 fully saturated rings. The minimum Gasteiger partial charge on any atom is -0.383 e. The summed E-state index contributed by atoms with van der Waals surface area (Å²) < 4.78 is 34.3. The van der Waals surface area contributed by atoms with Crippen LogP contribution in [0.15, 0.2) is 0 Å². The third-order valence-corrected chi connectivity index (χ3v) is 5.72. The normalized spacial score (nSPS) is 19.4. The van der Waals surface area contributed by atoms with Gasteiger partial charge in [-0.2, -0.15) is 17.4 Å². The topological polar surface area (TPSA) is 84.7 Å². The molecule has 7 heteroatoms. The van der Waals surface area contributed by atoms with E-state index in [-0.39, 0.29) is 0 Å². The molecule has 0 atom stereocenters. The molecule has 0 saturated heterocycles. The van der Waals surface area contributed by atoms with Gasteiger partial charge < -0.3 is 10.5 Å². The number of hydrogen-bond donors (Lipinski definition) is 2. The first kappa shape index (κ1) is 17.8. The van der Waals surface area contributed by atoms with Crippen molar-refractivity contribution in [3.05, 3.63) is 0 Å². The monoisotopic (exact) mass is 307 g/mol. The molecule has 0 heterocycles. The third-order valence-electron chi connectivity index (χ3n) is 4.00. The van der Waals surface area contributed by atoms with Crippen molar-refractivity contribution in [1.29, 1.82) is 0 Å². The Kier molecular flexibility index (Phi) is 7.39. The van der Waals surface area contributed by atoms with E-state index in [1.54, 1.807) is 11.4 Å². The second-order valence-corrected chi connectivity index (χ2v) is 7.13. The minimum absolute atomic E-state index is 0.291. The van der Waals surface area contributed by atoms with Crippen molar-refractivity contribution in [1.82, 2.24) is 9.03 Å². The van der Waals surface area contributed by atoms with Crippen LogP contribution in [-0.2, 0) is 14.9 Å². The Labute approximate surface area is 123 Å². The van der Waals surface area contributed by atoms with E-state index in [1.807, 2.05) is 6.92 Å². The predicted molar refractivity (Wildman–Crippen MR) is 80.7 cm³/mol. The highest BCUT2D eigenvalue weighted by atomic mass is 32.2. The molecule has 0 aromatic heterocycles. The van der Waals surface area contributed by atoms with Crippen LogP contribution in [0.3, 0.4) is 0 Å². The lowest BCUT2D eigenvalue weighted by Crippen LogP contribution is -2.60. The second-order valence-electron chi connectivity index (χ2n) is 5.45. The van der Waals surface area contributed by atoms with Gasteiger partial charge in [0.1, 0.15) is 0 Å². The van der Waals surface area contributed by atoms with Crippen LogP contribution >= 0.6 is 0 Å². The van der Waals surface area contributed by atoms with Gasteiger partial charge in [-0.15, -0.1) is 0 Å². The number of ether oxygens (including phenoxy) is 1. The van der Waals surface area contributed by atoms with Gasteiger partial charge in [0.25, 0.3) is 10.2 Å². The van der Waals surface area contributed by atoms with Crippen LogP contribution in [0.4, 0.5) is 0 Å². The summed E-state index contributed by atoms with van der Waals surface area (Å²) in [6.45, 7) is 3.55. The van der Waals surface area contributed by atoms with E-state index in [1.165, 1.54) is 6.42 Å². The molecule has 0 radical (unpaired) electrons. The molecule has 0 bridgehead atoms. The van der Waals surface area contributed by atoms with Gasteiger partial charge >= 0.3 is 0 Å². The van der Waals surface area contributed by atoms with Gasteiger partial charge in [0, 0.05) is 32.3 Å². The van der Waals surface area contributed by atoms with Crippen LogP contribution in [0.1, 0.15) is 45.4 Å². The molecular formula is C13H29N3O3S. The summed E-state index contributed by atoms with van der Waals surface area (Å²) in [6, 6.07) is 0. The highest BCUT2D eigenvalue weighted by Crippen LogP contribution is 2.34. The fourth-order valence-electron chi connectivity index (χ4n) is 2.93. The fourth-order valence-corrected chi connectivity index (χ4v) is 4.62. The van der Waals surface area contributed by atoms with Crippen molar-refractivity contribution in [3.8, 4) is 0 Å². The van der Waals surface area contributed by atoms with E-state index >= 15 is 0 Å². The van der Waals surface area contributed by atoms with Crippen molar-refractivity contribution in [2.75, 3.05) is 33.4 Å². The Morgan fingerprint density at radius 1 is 1.30 bits per heavy atom. The zero-order valence-electron chi connectivity index (χ0n) is 12.7. The Morgan fingerprint density at radius 3 is 2.45 bits per heavy atom.